The zero-order valence-electron chi connectivity index (χ0n) is 17.7. The van der Waals surface area contributed by atoms with Gasteiger partial charge in [-0.1, -0.05) is 52.3 Å². The summed E-state index contributed by atoms with van der Waals surface area (Å²) in [7, 11) is 0. The largest absolute Gasteiger partial charge is 0.507 e. The maximum Gasteiger partial charge on any atom is 0.300 e. The van der Waals surface area contributed by atoms with Crippen LogP contribution in [-0.4, -0.2) is 23.4 Å². The Bertz CT molecular complexity index is 1220. The summed E-state index contributed by atoms with van der Waals surface area (Å²) >= 11 is 3.45. The van der Waals surface area contributed by atoms with Gasteiger partial charge in [-0.05, 0) is 61.4 Å². The van der Waals surface area contributed by atoms with Crippen LogP contribution in [0.1, 0.15) is 29.7 Å². The molecule has 0 radical (unpaired) electrons. The Morgan fingerprint density at radius 2 is 1.78 bits per heavy atom. The lowest BCUT2D eigenvalue weighted by Crippen LogP contribution is -2.29. The lowest BCUT2D eigenvalue weighted by Gasteiger charge is -2.25. The van der Waals surface area contributed by atoms with Crippen LogP contribution in [0.3, 0.4) is 0 Å². The summed E-state index contributed by atoms with van der Waals surface area (Å²) in [5.41, 5.74) is 2.68. The van der Waals surface area contributed by atoms with Crippen molar-refractivity contribution in [1.82, 2.24) is 0 Å². The number of carbonyl (C=O) groups is 2. The third-order valence-corrected chi connectivity index (χ3v) is 6.28. The van der Waals surface area contributed by atoms with Gasteiger partial charge < -0.3 is 9.84 Å². The maximum absolute atomic E-state index is 13.2. The molecule has 6 heteroatoms. The van der Waals surface area contributed by atoms with Crippen molar-refractivity contribution in [1.29, 1.82) is 0 Å². The number of hydrogen-bond acceptors (Lipinski definition) is 4. The molecule has 1 fully saturated rings. The van der Waals surface area contributed by atoms with Crippen LogP contribution >= 0.6 is 15.9 Å². The highest BCUT2D eigenvalue weighted by molar-refractivity contribution is 9.10. The van der Waals surface area contributed by atoms with E-state index in [2.05, 4.69) is 15.9 Å². The number of para-hydroxylation sites is 1. The normalized spacial score (nSPS) is 17.6. The molecule has 1 unspecified atom stereocenters. The SMILES string of the molecule is CCOc1cccc(C2/C(=C(/O)c3ccc(Br)c(C)c3)C(=O)C(=O)N2c2ccccc2)c1. The zero-order valence-corrected chi connectivity index (χ0v) is 19.3. The fourth-order valence-electron chi connectivity index (χ4n) is 3.89. The van der Waals surface area contributed by atoms with Gasteiger partial charge in [0.05, 0.1) is 18.2 Å². The zero-order chi connectivity index (χ0) is 22.8. The number of halogens is 1. The van der Waals surface area contributed by atoms with Gasteiger partial charge in [-0.2, -0.15) is 0 Å². The number of anilines is 1. The average molecular weight is 492 g/mol. The summed E-state index contributed by atoms with van der Waals surface area (Å²) in [6, 6.07) is 20.8. The highest BCUT2D eigenvalue weighted by atomic mass is 79.9. The van der Waals surface area contributed by atoms with Crippen molar-refractivity contribution in [3.8, 4) is 5.75 Å². The van der Waals surface area contributed by atoms with Gasteiger partial charge in [0.1, 0.15) is 11.5 Å². The number of benzene rings is 3. The number of ether oxygens (including phenoxy) is 1. The van der Waals surface area contributed by atoms with Crippen LogP contribution < -0.4 is 9.64 Å². The van der Waals surface area contributed by atoms with Crippen molar-refractivity contribution in [2.45, 2.75) is 19.9 Å². The minimum absolute atomic E-state index is 0.0502. The second-order valence-electron chi connectivity index (χ2n) is 7.47. The van der Waals surface area contributed by atoms with Crippen LogP contribution in [0, 0.1) is 6.92 Å². The van der Waals surface area contributed by atoms with Crippen molar-refractivity contribution < 1.29 is 19.4 Å². The number of nitrogens with zero attached hydrogens (tertiary/aromatic N) is 1. The Morgan fingerprint density at radius 3 is 2.47 bits per heavy atom. The molecule has 3 aromatic rings. The van der Waals surface area contributed by atoms with E-state index in [-0.39, 0.29) is 11.3 Å². The van der Waals surface area contributed by atoms with Gasteiger partial charge in [0.2, 0.25) is 0 Å². The number of ketones is 1. The van der Waals surface area contributed by atoms with Gasteiger partial charge in [-0.3, -0.25) is 14.5 Å². The van der Waals surface area contributed by atoms with Crippen LogP contribution in [0.4, 0.5) is 5.69 Å². The molecule has 0 saturated carbocycles. The third kappa shape index (κ3) is 3.94. The molecule has 0 aromatic heterocycles. The first kappa shape index (κ1) is 21.8. The molecule has 1 amide bonds. The molecule has 0 spiro atoms. The van der Waals surface area contributed by atoms with E-state index in [1.54, 1.807) is 42.5 Å². The molecular formula is C26H22BrNO4. The molecule has 4 rings (SSSR count). The van der Waals surface area contributed by atoms with E-state index in [1.165, 1.54) is 4.90 Å². The molecule has 5 nitrogen and oxygen atoms in total. The molecule has 1 heterocycles. The Kier molecular flexibility index (Phi) is 6.15. The molecule has 32 heavy (non-hydrogen) atoms. The number of hydrogen-bond donors (Lipinski definition) is 1. The van der Waals surface area contributed by atoms with E-state index in [0.29, 0.717) is 29.2 Å². The van der Waals surface area contributed by atoms with Crippen LogP contribution in [-0.2, 0) is 9.59 Å². The van der Waals surface area contributed by atoms with Crippen LogP contribution in [0.2, 0.25) is 0 Å². The van der Waals surface area contributed by atoms with Gasteiger partial charge in [0.25, 0.3) is 11.7 Å². The highest BCUT2D eigenvalue weighted by Crippen LogP contribution is 2.43. The second-order valence-corrected chi connectivity index (χ2v) is 8.33. The summed E-state index contributed by atoms with van der Waals surface area (Å²) in [6.45, 7) is 4.27. The van der Waals surface area contributed by atoms with Crippen molar-refractivity contribution in [2.24, 2.45) is 0 Å². The van der Waals surface area contributed by atoms with Crippen molar-refractivity contribution in [2.75, 3.05) is 11.5 Å². The summed E-state index contributed by atoms with van der Waals surface area (Å²) < 4.78 is 6.53. The number of rotatable bonds is 5. The molecule has 1 N–H and O–H groups in total. The smallest absolute Gasteiger partial charge is 0.300 e. The summed E-state index contributed by atoms with van der Waals surface area (Å²) in [4.78, 5) is 27.8. The lowest BCUT2D eigenvalue weighted by molar-refractivity contribution is -0.132. The molecule has 1 saturated heterocycles. The summed E-state index contributed by atoms with van der Waals surface area (Å²) in [6.07, 6.45) is 0. The Morgan fingerprint density at radius 1 is 1.03 bits per heavy atom. The maximum atomic E-state index is 13.2. The number of carbonyl (C=O) groups excluding carboxylic acids is 2. The van der Waals surface area contributed by atoms with Gasteiger partial charge in [-0.15, -0.1) is 0 Å². The molecule has 0 bridgehead atoms. The Hall–Kier alpha value is -3.38. The van der Waals surface area contributed by atoms with E-state index in [0.717, 1.165) is 10.0 Å². The first-order valence-corrected chi connectivity index (χ1v) is 11.1. The molecule has 0 aliphatic carbocycles. The summed E-state index contributed by atoms with van der Waals surface area (Å²) in [5, 5.41) is 11.2. The van der Waals surface area contributed by atoms with Gasteiger partial charge in [0, 0.05) is 15.7 Å². The van der Waals surface area contributed by atoms with E-state index < -0.39 is 17.7 Å². The van der Waals surface area contributed by atoms with Gasteiger partial charge in [0.15, 0.2) is 0 Å². The third-order valence-electron chi connectivity index (χ3n) is 5.40. The minimum atomic E-state index is -0.790. The fourth-order valence-corrected chi connectivity index (χ4v) is 4.14. The topological polar surface area (TPSA) is 66.8 Å². The number of amides is 1. The first-order chi connectivity index (χ1) is 15.4. The van der Waals surface area contributed by atoms with Gasteiger partial charge >= 0.3 is 0 Å². The monoisotopic (exact) mass is 491 g/mol. The molecular weight excluding hydrogens is 470 g/mol. The molecule has 1 aliphatic heterocycles. The molecule has 1 atom stereocenters. The molecule has 3 aromatic carbocycles. The second kappa shape index (κ2) is 9.01. The van der Waals surface area contributed by atoms with E-state index in [1.807, 2.05) is 44.2 Å². The van der Waals surface area contributed by atoms with Crippen LogP contribution in [0.25, 0.3) is 5.76 Å². The Labute approximate surface area is 195 Å². The average Bonchev–Trinajstić information content (AvgIpc) is 3.07. The van der Waals surface area contributed by atoms with Crippen molar-refractivity contribution in [3.05, 3.63) is 99.5 Å². The first-order valence-electron chi connectivity index (χ1n) is 10.3. The number of aliphatic hydroxyl groups excluding tert-OH is 1. The minimum Gasteiger partial charge on any atom is -0.507 e. The van der Waals surface area contributed by atoms with Gasteiger partial charge in [-0.25, -0.2) is 0 Å². The van der Waals surface area contributed by atoms with E-state index in [9.17, 15) is 14.7 Å². The van der Waals surface area contributed by atoms with E-state index in [4.69, 9.17) is 4.74 Å². The van der Waals surface area contributed by atoms with Crippen LogP contribution in [0.15, 0.2) is 82.8 Å². The fraction of sp³-hybridized carbons (Fsp3) is 0.154. The lowest BCUT2D eigenvalue weighted by atomic mass is 9.94. The molecule has 1 aliphatic rings. The highest BCUT2D eigenvalue weighted by Gasteiger charge is 2.47. The van der Waals surface area contributed by atoms with E-state index >= 15 is 0 Å². The standard InChI is InChI=1S/C26H22BrNO4/c1-3-32-20-11-7-8-17(15-20)23-22(24(29)18-12-13-21(27)16(2)14-18)25(30)26(31)28(23)19-9-5-4-6-10-19/h4-15,23,29H,3H2,1-2H3/b24-22-. The quantitative estimate of drug-likeness (QED) is 0.279. The predicted octanol–water partition coefficient (Wildman–Crippen LogP) is 5.78. The number of Topliss-reactive ketones (excluding diaryl/α,β-unsaturated/α-hetero) is 1. The number of aryl methyl sites for hydroxylation is 1. The van der Waals surface area contributed by atoms with Crippen molar-refractivity contribution in [3.63, 3.8) is 0 Å². The molecule has 162 valence electrons. The van der Waals surface area contributed by atoms with Crippen molar-refractivity contribution >= 4 is 39.1 Å². The number of aliphatic hydroxyl groups is 1. The summed E-state index contributed by atoms with van der Waals surface area (Å²) in [5.74, 6) is -0.982. The predicted molar refractivity (Wildman–Crippen MR) is 128 cm³/mol. The Balaban J connectivity index is 1.94. The van der Waals surface area contributed by atoms with Crippen LogP contribution in [0.5, 0.6) is 5.75 Å².